The predicted octanol–water partition coefficient (Wildman–Crippen LogP) is 5.48. The molecule has 198 valence electrons. The van der Waals surface area contributed by atoms with Crippen LogP contribution < -0.4 is 14.3 Å². The molecule has 0 saturated carbocycles. The summed E-state index contributed by atoms with van der Waals surface area (Å²) >= 11 is 5.89. The van der Waals surface area contributed by atoms with E-state index in [9.17, 15) is 21.6 Å². The van der Waals surface area contributed by atoms with Gasteiger partial charge in [-0.3, -0.25) is 13.8 Å². The normalized spacial score (nSPS) is 11.7. The van der Waals surface area contributed by atoms with Crippen molar-refractivity contribution in [1.29, 1.82) is 0 Å². The predicted molar refractivity (Wildman–Crippen MR) is 153 cm³/mol. The zero-order valence-corrected chi connectivity index (χ0v) is 22.9. The van der Waals surface area contributed by atoms with Crippen LogP contribution in [0.3, 0.4) is 0 Å². The molecule has 11 heteroatoms. The highest BCUT2D eigenvalue weighted by atomic mass is 35.5. The molecule has 0 aliphatic carbocycles. The largest absolute Gasteiger partial charge is 0.326 e. The van der Waals surface area contributed by atoms with Gasteiger partial charge in [-0.2, -0.15) is 0 Å². The molecule has 4 rings (SSSR count). The van der Waals surface area contributed by atoms with Crippen LogP contribution in [0, 0.1) is 0 Å². The van der Waals surface area contributed by atoms with E-state index in [4.69, 9.17) is 11.6 Å². The van der Waals surface area contributed by atoms with Crippen molar-refractivity contribution in [1.82, 2.24) is 0 Å². The molecule has 4 aromatic rings. The van der Waals surface area contributed by atoms with Gasteiger partial charge in [-0.25, -0.2) is 16.8 Å². The highest BCUT2D eigenvalue weighted by Crippen LogP contribution is 2.26. The Hall–Kier alpha value is -3.60. The van der Waals surface area contributed by atoms with E-state index >= 15 is 0 Å². The number of amides is 1. The van der Waals surface area contributed by atoms with E-state index in [2.05, 4.69) is 10.0 Å². The van der Waals surface area contributed by atoms with Crippen LogP contribution in [-0.4, -0.2) is 35.5 Å². The Morgan fingerprint density at radius 2 is 1.50 bits per heavy atom. The first-order valence-electron chi connectivity index (χ1n) is 11.7. The first-order chi connectivity index (χ1) is 18.0. The van der Waals surface area contributed by atoms with Crippen LogP contribution in [0.25, 0.3) is 10.8 Å². The van der Waals surface area contributed by atoms with Gasteiger partial charge in [-0.05, 0) is 66.4 Å². The molecule has 0 spiro atoms. The average molecular weight is 572 g/mol. The van der Waals surface area contributed by atoms with Crippen molar-refractivity contribution < 1.29 is 21.6 Å². The molecule has 8 nitrogen and oxygen atoms in total. The summed E-state index contributed by atoms with van der Waals surface area (Å²) in [5, 5.41) is 4.91. The van der Waals surface area contributed by atoms with Crippen LogP contribution in [0.1, 0.15) is 12.8 Å². The van der Waals surface area contributed by atoms with E-state index < -0.39 is 20.0 Å². The standard InChI is InChI=1S/C27H26ClN3O5S2/c1-37(33,34)31(23-15-11-21(28)12-16-23)19-5-10-27(32)29-22-13-17-24(18-14-22)38(35,36)30-26-9-4-7-20-6-2-3-8-25(20)26/h2-4,6-9,11-18,30H,5,10,19H2,1H3,(H,29,32). The monoisotopic (exact) mass is 571 g/mol. The molecule has 4 aromatic carbocycles. The van der Waals surface area contributed by atoms with Gasteiger partial charge in [-0.15, -0.1) is 0 Å². The molecule has 0 fully saturated rings. The lowest BCUT2D eigenvalue weighted by molar-refractivity contribution is -0.116. The number of carbonyl (C=O) groups is 1. The van der Waals surface area contributed by atoms with Crippen molar-refractivity contribution in [2.45, 2.75) is 17.7 Å². The third kappa shape index (κ3) is 6.83. The van der Waals surface area contributed by atoms with Crippen molar-refractivity contribution in [3.8, 4) is 0 Å². The van der Waals surface area contributed by atoms with Crippen molar-refractivity contribution >= 4 is 65.4 Å². The molecule has 0 aliphatic heterocycles. The second-order valence-electron chi connectivity index (χ2n) is 8.62. The van der Waals surface area contributed by atoms with Crippen LogP contribution >= 0.6 is 11.6 Å². The van der Waals surface area contributed by atoms with Gasteiger partial charge in [0.05, 0.1) is 22.5 Å². The average Bonchev–Trinajstić information content (AvgIpc) is 2.87. The minimum Gasteiger partial charge on any atom is -0.326 e. The molecule has 0 saturated heterocycles. The number of hydrogen-bond acceptors (Lipinski definition) is 5. The lowest BCUT2D eigenvalue weighted by atomic mass is 10.1. The van der Waals surface area contributed by atoms with Crippen LogP contribution in [0.4, 0.5) is 17.1 Å². The van der Waals surface area contributed by atoms with E-state index in [-0.39, 0.29) is 30.2 Å². The lowest BCUT2D eigenvalue weighted by Gasteiger charge is -2.22. The summed E-state index contributed by atoms with van der Waals surface area (Å²) in [5.41, 5.74) is 1.37. The van der Waals surface area contributed by atoms with Gasteiger partial charge in [0.2, 0.25) is 15.9 Å². The van der Waals surface area contributed by atoms with Gasteiger partial charge in [0.25, 0.3) is 10.0 Å². The van der Waals surface area contributed by atoms with Gasteiger partial charge < -0.3 is 5.32 Å². The number of hydrogen-bond donors (Lipinski definition) is 2. The SMILES string of the molecule is CS(=O)(=O)N(CCCC(=O)Nc1ccc(S(=O)(=O)Nc2cccc3ccccc23)cc1)c1ccc(Cl)cc1. The van der Waals surface area contributed by atoms with E-state index in [0.29, 0.717) is 22.1 Å². The molecule has 0 aromatic heterocycles. The van der Waals surface area contributed by atoms with Crippen molar-refractivity contribution in [2.75, 3.05) is 27.1 Å². The smallest absolute Gasteiger partial charge is 0.261 e. The third-order valence-electron chi connectivity index (χ3n) is 5.76. The Labute approximate surface area is 227 Å². The third-order valence-corrected chi connectivity index (χ3v) is 8.59. The number of anilines is 3. The summed E-state index contributed by atoms with van der Waals surface area (Å²) < 4.78 is 54.2. The van der Waals surface area contributed by atoms with Crippen LogP contribution in [0.5, 0.6) is 0 Å². The number of benzene rings is 4. The lowest BCUT2D eigenvalue weighted by Crippen LogP contribution is -2.31. The fraction of sp³-hybridized carbons (Fsp3) is 0.148. The van der Waals surface area contributed by atoms with E-state index in [1.54, 1.807) is 36.4 Å². The molecule has 0 aliphatic rings. The van der Waals surface area contributed by atoms with E-state index in [0.717, 1.165) is 17.0 Å². The number of carbonyl (C=O) groups excluding carboxylic acids is 1. The van der Waals surface area contributed by atoms with Crippen molar-refractivity contribution in [3.05, 3.63) is 96.0 Å². The van der Waals surface area contributed by atoms with Gasteiger partial charge >= 0.3 is 0 Å². The molecule has 2 N–H and O–H groups in total. The van der Waals surface area contributed by atoms with Gasteiger partial charge in [-0.1, -0.05) is 48.0 Å². The summed E-state index contributed by atoms with van der Waals surface area (Å²) in [6, 6.07) is 25.1. The van der Waals surface area contributed by atoms with Crippen molar-refractivity contribution in [2.24, 2.45) is 0 Å². The molecule has 1 amide bonds. The zero-order valence-electron chi connectivity index (χ0n) is 20.5. The van der Waals surface area contributed by atoms with Crippen LogP contribution in [0.15, 0.2) is 95.9 Å². The summed E-state index contributed by atoms with van der Waals surface area (Å²) in [7, 11) is -7.40. The molecular weight excluding hydrogens is 546 g/mol. The van der Waals surface area contributed by atoms with Gasteiger partial charge in [0, 0.05) is 29.1 Å². The highest BCUT2D eigenvalue weighted by molar-refractivity contribution is 7.92. The highest BCUT2D eigenvalue weighted by Gasteiger charge is 2.18. The Bertz CT molecular complexity index is 1650. The van der Waals surface area contributed by atoms with Gasteiger partial charge in [0.1, 0.15) is 0 Å². The first-order valence-corrected chi connectivity index (χ1v) is 15.4. The molecule has 0 bridgehead atoms. The Morgan fingerprint density at radius 3 is 2.18 bits per heavy atom. The zero-order chi connectivity index (χ0) is 27.3. The number of halogens is 1. The summed E-state index contributed by atoms with van der Waals surface area (Å²) in [6.07, 6.45) is 1.46. The molecule has 0 heterocycles. The van der Waals surface area contributed by atoms with E-state index in [1.165, 1.54) is 28.6 Å². The van der Waals surface area contributed by atoms with Crippen molar-refractivity contribution in [3.63, 3.8) is 0 Å². The summed E-state index contributed by atoms with van der Waals surface area (Å²) in [4.78, 5) is 12.5. The minimum atomic E-state index is -3.85. The number of nitrogens with zero attached hydrogens (tertiary/aromatic N) is 1. The fourth-order valence-electron chi connectivity index (χ4n) is 3.94. The van der Waals surface area contributed by atoms with E-state index in [1.807, 2.05) is 30.3 Å². The minimum absolute atomic E-state index is 0.0511. The number of sulfonamides is 2. The summed E-state index contributed by atoms with van der Waals surface area (Å²) in [6.45, 7) is 0.116. The Kier molecular flexibility index (Phi) is 8.25. The maximum Gasteiger partial charge on any atom is 0.261 e. The quantitative estimate of drug-likeness (QED) is 0.262. The second kappa shape index (κ2) is 11.4. The van der Waals surface area contributed by atoms with Crippen LogP contribution in [-0.2, 0) is 24.8 Å². The number of nitrogens with one attached hydrogen (secondary N) is 2. The molecule has 38 heavy (non-hydrogen) atoms. The van der Waals surface area contributed by atoms with Gasteiger partial charge in [0.15, 0.2) is 0 Å². The Morgan fingerprint density at radius 1 is 0.842 bits per heavy atom. The molecule has 0 atom stereocenters. The number of fused-ring (bicyclic) bond motifs is 1. The molecule has 0 radical (unpaired) electrons. The topological polar surface area (TPSA) is 113 Å². The second-order valence-corrected chi connectivity index (χ2v) is 12.6. The maximum absolute atomic E-state index is 12.9. The summed E-state index contributed by atoms with van der Waals surface area (Å²) in [5.74, 6) is -0.320. The fourth-order valence-corrected chi connectivity index (χ4v) is 6.11. The molecular formula is C27H26ClN3O5S2. The Balaban J connectivity index is 1.36. The maximum atomic E-state index is 12.9. The van der Waals surface area contributed by atoms with Crippen LogP contribution in [0.2, 0.25) is 5.02 Å². The molecule has 0 unspecified atom stereocenters. The number of rotatable bonds is 10. The first kappa shape index (κ1) is 27.4.